The van der Waals surface area contributed by atoms with E-state index in [1.54, 1.807) is 0 Å². The predicted molar refractivity (Wildman–Crippen MR) is 42.3 cm³/mol. The summed E-state index contributed by atoms with van der Waals surface area (Å²) in [5.74, 6) is 2.71. The van der Waals surface area contributed by atoms with Crippen LogP contribution in [-0.4, -0.2) is 0 Å². The lowest BCUT2D eigenvalue weighted by Crippen LogP contribution is -2.12. The number of allylic oxidation sites excluding steroid dienone is 2. The molecule has 0 aromatic carbocycles. The van der Waals surface area contributed by atoms with E-state index in [0.29, 0.717) is 0 Å². The van der Waals surface area contributed by atoms with Gasteiger partial charge < -0.3 is 5.73 Å². The van der Waals surface area contributed by atoms with Crippen molar-refractivity contribution < 1.29 is 0 Å². The molecule has 0 aromatic rings. The summed E-state index contributed by atoms with van der Waals surface area (Å²) in [6.07, 6.45) is 6.19. The highest BCUT2D eigenvalue weighted by Gasteiger charge is 2.45. The van der Waals surface area contributed by atoms with Gasteiger partial charge in [-0.05, 0) is 24.7 Å². The Labute approximate surface area is 62.3 Å². The Balaban J connectivity index is 2.09. The van der Waals surface area contributed by atoms with Gasteiger partial charge in [-0.15, -0.1) is 0 Å². The molecule has 0 radical (unpaired) electrons. The summed E-state index contributed by atoms with van der Waals surface area (Å²) in [5, 5.41) is 0. The van der Waals surface area contributed by atoms with Gasteiger partial charge in [-0.3, -0.25) is 0 Å². The fourth-order valence-corrected chi connectivity index (χ4v) is 2.20. The fourth-order valence-electron chi connectivity index (χ4n) is 2.20. The van der Waals surface area contributed by atoms with Gasteiger partial charge in [0.05, 0.1) is 0 Å². The Bertz CT molecular complexity index is 172. The van der Waals surface area contributed by atoms with Crippen molar-refractivity contribution in [2.24, 2.45) is 23.5 Å². The molecule has 0 heterocycles. The van der Waals surface area contributed by atoms with Crippen molar-refractivity contribution in [3.05, 3.63) is 11.8 Å². The molecule has 0 saturated heterocycles. The highest BCUT2D eigenvalue weighted by Crippen LogP contribution is 2.52. The molecule has 0 spiro atoms. The van der Waals surface area contributed by atoms with E-state index in [1.165, 1.54) is 25.0 Å². The zero-order valence-electron chi connectivity index (χ0n) is 6.51. The predicted octanol–water partition coefficient (Wildman–Crippen LogP) is 1.90. The van der Waals surface area contributed by atoms with E-state index in [-0.39, 0.29) is 0 Å². The molecule has 2 rings (SSSR count). The second-order valence-electron chi connectivity index (χ2n) is 3.61. The van der Waals surface area contributed by atoms with E-state index in [1.807, 2.05) is 0 Å². The second kappa shape index (κ2) is 2.01. The SMILES string of the molecule is CCC1CC=C(N)C2CC12. The first-order valence-corrected chi connectivity index (χ1v) is 4.28. The first-order chi connectivity index (χ1) is 4.83. The smallest absolute Gasteiger partial charge is 0.00746 e. The van der Waals surface area contributed by atoms with E-state index in [9.17, 15) is 0 Å². The second-order valence-corrected chi connectivity index (χ2v) is 3.61. The van der Waals surface area contributed by atoms with Gasteiger partial charge in [-0.1, -0.05) is 19.4 Å². The number of nitrogens with two attached hydrogens (primary N) is 1. The molecule has 3 unspecified atom stereocenters. The number of rotatable bonds is 1. The van der Waals surface area contributed by atoms with Gasteiger partial charge in [-0.2, -0.15) is 0 Å². The topological polar surface area (TPSA) is 26.0 Å². The van der Waals surface area contributed by atoms with Gasteiger partial charge in [-0.25, -0.2) is 0 Å². The van der Waals surface area contributed by atoms with Gasteiger partial charge >= 0.3 is 0 Å². The van der Waals surface area contributed by atoms with Crippen molar-refractivity contribution in [1.82, 2.24) is 0 Å². The van der Waals surface area contributed by atoms with Crippen molar-refractivity contribution in [3.63, 3.8) is 0 Å². The van der Waals surface area contributed by atoms with Crippen LogP contribution in [0, 0.1) is 17.8 Å². The maximum Gasteiger partial charge on any atom is 0.00746 e. The van der Waals surface area contributed by atoms with Gasteiger partial charge in [0.2, 0.25) is 0 Å². The minimum absolute atomic E-state index is 0.790. The van der Waals surface area contributed by atoms with Crippen molar-refractivity contribution in [1.29, 1.82) is 0 Å². The molecule has 1 heteroatoms. The zero-order valence-corrected chi connectivity index (χ0v) is 6.51. The quantitative estimate of drug-likeness (QED) is 0.587. The summed E-state index contributed by atoms with van der Waals surface area (Å²) >= 11 is 0. The summed E-state index contributed by atoms with van der Waals surface area (Å²) in [7, 11) is 0. The van der Waals surface area contributed by atoms with Gasteiger partial charge in [0.15, 0.2) is 0 Å². The molecule has 0 aliphatic heterocycles. The lowest BCUT2D eigenvalue weighted by atomic mass is 9.90. The Kier molecular flexibility index (Phi) is 1.26. The molecular weight excluding hydrogens is 122 g/mol. The molecular formula is C9H15N. The molecule has 0 aromatic heterocycles. The van der Waals surface area contributed by atoms with Crippen molar-refractivity contribution in [2.75, 3.05) is 0 Å². The third-order valence-corrected chi connectivity index (χ3v) is 3.05. The van der Waals surface area contributed by atoms with E-state index in [2.05, 4.69) is 13.0 Å². The molecule has 1 fully saturated rings. The lowest BCUT2D eigenvalue weighted by Gasteiger charge is -2.17. The highest BCUT2D eigenvalue weighted by molar-refractivity contribution is 5.18. The molecule has 1 nitrogen and oxygen atoms in total. The van der Waals surface area contributed by atoms with E-state index in [4.69, 9.17) is 5.73 Å². The van der Waals surface area contributed by atoms with Crippen LogP contribution in [0.3, 0.4) is 0 Å². The van der Waals surface area contributed by atoms with Crippen LogP contribution < -0.4 is 5.73 Å². The Morgan fingerprint density at radius 2 is 2.50 bits per heavy atom. The van der Waals surface area contributed by atoms with Crippen LogP contribution in [0.2, 0.25) is 0 Å². The molecule has 0 bridgehead atoms. The van der Waals surface area contributed by atoms with Crippen LogP contribution in [-0.2, 0) is 0 Å². The molecule has 2 aliphatic carbocycles. The summed E-state index contributed by atoms with van der Waals surface area (Å²) < 4.78 is 0. The molecule has 56 valence electrons. The molecule has 2 aliphatic rings. The average molecular weight is 137 g/mol. The minimum Gasteiger partial charge on any atom is -0.402 e. The molecule has 0 amide bonds. The third-order valence-electron chi connectivity index (χ3n) is 3.05. The van der Waals surface area contributed by atoms with Crippen LogP contribution in [0.5, 0.6) is 0 Å². The first kappa shape index (κ1) is 6.26. The Morgan fingerprint density at radius 1 is 1.70 bits per heavy atom. The molecule has 2 N–H and O–H groups in total. The Hall–Kier alpha value is -0.460. The standard InChI is InChI=1S/C9H15N/c1-2-6-3-4-9(10)8-5-7(6)8/h4,6-8H,2-3,5,10H2,1H3. The fraction of sp³-hybridized carbons (Fsp3) is 0.778. The van der Waals surface area contributed by atoms with Gasteiger partial charge in [0, 0.05) is 11.6 Å². The van der Waals surface area contributed by atoms with Crippen molar-refractivity contribution in [2.45, 2.75) is 26.2 Å². The average Bonchev–Trinajstić information content (AvgIpc) is 2.68. The largest absolute Gasteiger partial charge is 0.402 e. The monoisotopic (exact) mass is 137 g/mol. The summed E-state index contributed by atoms with van der Waals surface area (Å²) in [5.41, 5.74) is 6.97. The molecule has 3 atom stereocenters. The highest BCUT2D eigenvalue weighted by atomic mass is 14.7. The molecule has 1 saturated carbocycles. The number of hydrogen-bond donors (Lipinski definition) is 1. The van der Waals surface area contributed by atoms with Crippen molar-refractivity contribution in [3.8, 4) is 0 Å². The van der Waals surface area contributed by atoms with Crippen molar-refractivity contribution >= 4 is 0 Å². The summed E-state index contributed by atoms with van der Waals surface area (Å²) in [4.78, 5) is 0. The Morgan fingerprint density at radius 3 is 3.20 bits per heavy atom. The van der Waals surface area contributed by atoms with Crippen LogP contribution >= 0.6 is 0 Å². The van der Waals surface area contributed by atoms with E-state index >= 15 is 0 Å². The maximum absolute atomic E-state index is 5.80. The third kappa shape index (κ3) is 0.764. The van der Waals surface area contributed by atoms with Crippen LogP contribution in [0.1, 0.15) is 26.2 Å². The van der Waals surface area contributed by atoms with Crippen LogP contribution in [0.15, 0.2) is 11.8 Å². The van der Waals surface area contributed by atoms with E-state index in [0.717, 1.165) is 17.8 Å². The normalized spacial score (nSPS) is 44.1. The lowest BCUT2D eigenvalue weighted by molar-refractivity contribution is 0.419. The van der Waals surface area contributed by atoms with Gasteiger partial charge in [0.25, 0.3) is 0 Å². The van der Waals surface area contributed by atoms with Crippen LogP contribution in [0.4, 0.5) is 0 Å². The zero-order chi connectivity index (χ0) is 7.14. The number of hydrogen-bond acceptors (Lipinski definition) is 1. The van der Waals surface area contributed by atoms with E-state index < -0.39 is 0 Å². The first-order valence-electron chi connectivity index (χ1n) is 4.28. The van der Waals surface area contributed by atoms with Crippen LogP contribution in [0.25, 0.3) is 0 Å². The maximum atomic E-state index is 5.80. The summed E-state index contributed by atoms with van der Waals surface area (Å²) in [6, 6.07) is 0. The number of fused-ring (bicyclic) bond motifs is 1. The summed E-state index contributed by atoms with van der Waals surface area (Å²) in [6.45, 7) is 2.29. The minimum atomic E-state index is 0.790. The van der Waals surface area contributed by atoms with Gasteiger partial charge in [0.1, 0.15) is 0 Å². The molecule has 10 heavy (non-hydrogen) atoms.